The Bertz CT molecular complexity index is 998. The third-order valence-electron chi connectivity index (χ3n) is 5.50. The van der Waals surface area contributed by atoms with Gasteiger partial charge in [-0.15, -0.1) is 0 Å². The van der Waals surface area contributed by atoms with Gasteiger partial charge < -0.3 is 24.5 Å². The molecule has 1 amide bonds. The van der Waals surface area contributed by atoms with Crippen molar-refractivity contribution in [3.8, 4) is 0 Å². The molecule has 1 fully saturated rings. The molecule has 0 saturated carbocycles. The molecule has 7 heteroatoms. The zero-order valence-corrected chi connectivity index (χ0v) is 16.9. The number of piperazine rings is 1. The molecule has 0 spiro atoms. The van der Waals surface area contributed by atoms with Crippen LogP contribution in [0.4, 0.5) is 0 Å². The number of aromatic nitrogens is 1. The molecule has 0 bridgehead atoms. The van der Waals surface area contributed by atoms with Crippen LogP contribution < -0.4 is 5.32 Å². The maximum absolute atomic E-state index is 12.4. The predicted octanol–water partition coefficient (Wildman–Crippen LogP) is 2.65. The molecule has 0 unspecified atom stereocenters. The van der Waals surface area contributed by atoms with Crippen molar-refractivity contribution in [1.82, 2.24) is 20.1 Å². The molecule has 152 valence electrons. The first-order valence-corrected chi connectivity index (χ1v) is 10.0. The number of furan rings is 1. The smallest absolute Gasteiger partial charge is 0.289 e. The molecule has 0 aliphatic carbocycles. The number of para-hydroxylation sites is 1. The minimum absolute atomic E-state index is 0.0487. The maximum Gasteiger partial charge on any atom is 0.289 e. The summed E-state index contributed by atoms with van der Waals surface area (Å²) in [5.74, 6) is 1.23. The number of fused-ring (bicyclic) bond motifs is 1. The van der Waals surface area contributed by atoms with Crippen LogP contribution in [0, 0.1) is 6.92 Å². The predicted molar refractivity (Wildman–Crippen MR) is 114 cm³/mol. The molecule has 1 saturated heterocycles. The highest BCUT2D eigenvalue weighted by molar-refractivity contribution is 5.91. The Morgan fingerprint density at radius 1 is 1.14 bits per heavy atom. The largest absolute Gasteiger partial charge is 0.459 e. The van der Waals surface area contributed by atoms with E-state index in [0.717, 1.165) is 32.0 Å². The molecule has 2 aromatic heterocycles. The Balaban J connectivity index is 1.31. The van der Waals surface area contributed by atoms with Gasteiger partial charge in [0.1, 0.15) is 0 Å². The van der Waals surface area contributed by atoms with Crippen molar-refractivity contribution in [3.05, 3.63) is 59.7 Å². The number of hydrogen-bond acceptors (Lipinski definition) is 3. The number of aryl methyl sites for hydroxylation is 1. The highest BCUT2D eigenvalue weighted by Crippen LogP contribution is 2.22. The lowest BCUT2D eigenvalue weighted by molar-refractivity contribution is 0.0658. The van der Waals surface area contributed by atoms with Gasteiger partial charge in [0.05, 0.1) is 6.26 Å². The molecule has 3 aromatic rings. The molecule has 2 N–H and O–H groups in total. The summed E-state index contributed by atoms with van der Waals surface area (Å²) in [4.78, 5) is 24.3. The van der Waals surface area contributed by atoms with Crippen LogP contribution in [0.15, 0.2) is 52.1 Å². The van der Waals surface area contributed by atoms with Crippen molar-refractivity contribution >= 4 is 22.8 Å². The molecule has 0 radical (unpaired) electrons. The first kappa shape index (κ1) is 19.1. The molecular weight excluding hydrogens is 366 g/mol. The minimum Gasteiger partial charge on any atom is -0.459 e. The van der Waals surface area contributed by atoms with Gasteiger partial charge in [-0.05, 0) is 37.1 Å². The standard InChI is InChI=1S/C22H27N5O2/c1-16-17(18-6-3-4-7-19(18)25-16)9-10-24-22(23-2)27-13-11-26(12-14-27)21(28)20-8-5-15-29-20/h3-8,15,25H,9-14H2,1-2H3,(H,23,24). The number of aromatic amines is 1. The maximum atomic E-state index is 12.4. The summed E-state index contributed by atoms with van der Waals surface area (Å²) in [5.41, 5.74) is 3.74. The molecule has 29 heavy (non-hydrogen) atoms. The van der Waals surface area contributed by atoms with E-state index in [4.69, 9.17) is 4.42 Å². The van der Waals surface area contributed by atoms with E-state index >= 15 is 0 Å². The van der Waals surface area contributed by atoms with Crippen molar-refractivity contribution in [3.63, 3.8) is 0 Å². The van der Waals surface area contributed by atoms with Gasteiger partial charge >= 0.3 is 0 Å². The van der Waals surface area contributed by atoms with Gasteiger partial charge in [-0.25, -0.2) is 0 Å². The Morgan fingerprint density at radius 2 is 1.90 bits per heavy atom. The summed E-state index contributed by atoms with van der Waals surface area (Å²) in [7, 11) is 1.81. The molecule has 4 rings (SSSR count). The van der Waals surface area contributed by atoms with Crippen LogP contribution in [0.2, 0.25) is 0 Å². The minimum atomic E-state index is -0.0487. The summed E-state index contributed by atoms with van der Waals surface area (Å²) in [5, 5.41) is 4.77. The topological polar surface area (TPSA) is 76.9 Å². The second kappa shape index (κ2) is 8.43. The fourth-order valence-electron chi connectivity index (χ4n) is 3.97. The summed E-state index contributed by atoms with van der Waals surface area (Å²) >= 11 is 0. The van der Waals surface area contributed by atoms with Crippen LogP contribution in [-0.4, -0.2) is 66.4 Å². The molecule has 7 nitrogen and oxygen atoms in total. The van der Waals surface area contributed by atoms with Crippen LogP contribution in [0.5, 0.6) is 0 Å². The lowest BCUT2D eigenvalue weighted by Gasteiger charge is -2.36. The SMILES string of the molecule is CN=C(NCCc1c(C)[nH]c2ccccc12)N1CCN(C(=O)c2ccco2)CC1. The molecular formula is C22H27N5O2. The number of aliphatic imine (C=N–C) groups is 1. The number of guanidine groups is 1. The first-order valence-electron chi connectivity index (χ1n) is 10.0. The zero-order chi connectivity index (χ0) is 20.2. The number of nitrogens with zero attached hydrogens (tertiary/aromatic N) is 3. The summed E-state index contributed by atoms with van der Waals surface area (Å²) in [6.45, 7) is 5.74. The van der Waals surface area contributed by atoms with Gasteiger partial charge in [-0.2, -0.15) is 0 Å². The molecule has 3 heterocycles. The summed E-state index contributed by atoms with van der Waals surface area (Å²) in [6, 6.07) is 11.9. The third kappa shape index (κ3) is 3.99. The van der Waals surface area contributed by atoms with Crippen molar-refractivity contribution in [2.75, 3.05) is 39.8 Å². The monoisotopic (exact) mass is 393 g/mol. The summed E-state index contributed by atoms with van der Waals surface area (Å²) in [6.07, 6.45) is 2.45. The average molecular weight is 393 g/mol. The van der Waals surface area contributed by atoms with E-state index in [9.17, 15) is 4.79 Å². The molecule has 1 aromatic carbocycles. The van der Waals surface area contributed by atoms with Crippen molar-refractivity contribution in [1.29, 1.82) is 0 Å². The Hall–Kier alpha value is -3.22. The number of rotatable bonds is 4. The number of hydrogen-bond donors (Lipinski definition) is 2. The number of benzene rings is 1. The van der Waals surface area contributed by atoms with Crippen LogP contribution >= 0.6 is 0 Å². The van der Waals surface area contributed by atoms with Crippen molar-refractivity contribution in [2.24, 2.45) is 4.99 Å². The van der Waals surface area contributed by atoms with E-state index in [-0.39, 0.29) is 5.91 Å². The van der Waals surface area contributed by atoms with Gasteiger partial charge in [-0.3, -0.25) is 9.79 Å². The van der Waals surface area contributed by atoms with Gasteiger partial charge in [0.15, 0.2) is 11.7 Å². The number of nitrogens with one attached hydrogen (secondary N) is 2. The second-order valence-corrected chi connectivity index (χ2v) is 7.25. The summed E-state index contributed by atoms with van der Waals surface area (Å²) < 4.78 is 5.23. The van der Waals surface area contributed by atoms with E-state index in [1.54, 1.807) is 19.2 Å². The Morgan fingerprint density at radius 3 is 2.62 bits per heavy atom. The lowest BCUT2D eigenvalue weighted by Crippen LogP contribution is -2.54. The Kier molecular flexibility index (Phi) is 5.55. The highest BCUT2D eigenvalue weighted by atomic mass is 16.3. The van der Waals surface area contributed by atoms with Gasteiger partial charge in [0.25, 0.3) is 5.91 Å². The Labute approximate surface area is 170 Å². The molecule has 1 aliphatic rings. The van der Waals surface area contributed by atoms with Crippen molar-refractivity contribution in [2.45, 2.75) is 13.3 Å². The van der Waals surface area contributed by atoms with Gasteiger partial charge in [-0.1, -0.05) is 18.2 Å². The van der Waals surface area contributed by atoms with Crippen LogP contribution in [-0.2, 0) is 6.42 Å². The fraction of sp³-hybridized carbons (Fsp3) is 0.364. The van der Waals surface area contributed by atoms with E-state index in [0.29, 0.717) is 18.8 Å². The number of carbonyl (C=O) groups is 1. The highest BCUT2D eigenvalue weighted by Gasteiger charge is 2.25. The molecule has 1 aliphatic heterocycles. The van der Waals surface area contributed by atoms with Crippen LogP contribution in [0.3, 0.4) is 0 Å². The molecule has 0 atom stereocenters. The van der Waals surface area contributed by atoms with E-state index in [1.165, 1.54) is 28.4 Å². The van der Waals surface area contributed by atoms with Crippen LogP contribution in [0.25, 0.3) is 10.9 Å². The van der Waals surface area contributed by atoms with Crippen molar-refractivity contribution < 1.29 is 9.21 Å². The second-order valence-electron chi connectivity index (χ2n) is 7.25. The quantitative estimate of drug-likeness (QED) is 0.528. The van der Waals surface area contributed by atoms with E-state index < -0.39 is 0 Å². The third-order valence-corrected chi connectivity index (χ3v) is 5.50. The number of amides is 1. The normalized spacial score (nSPS) is 15.2. The number of H-pyrrole nitrogens is 1. The van der Waals surface area contributed by atoms with E-state index in [2.05, 4.69) is 51.4 Å². The van der Waals surface area contributed by atoms with Gasteiger partial charge in [0, 0.05) is 56.4 Å². The van der Waals surface area contributed by atoms with Crippen LogP contribution in [0.1, 0.15) is 21.8 Å². The fourth-order valence-corrected chi connectivity index (χ4v) is 3.97. The van der Waals surface area contributed by atoms with E-state index in [1.807, 2.05) is 4.90 Å². The average Bonchev–Trinajstić information content (AvgIpc) is 3.39. The zero-order valence-electron chi connectivity index (χ0n) is 16.9. The van der Waals surface area contributed by atoms with Gasteiger partial charge in [0.2, 0.25) is 0 Å². The lowest BCUT2D eigenvalue weighted by atomic mass is 10.1. The first-order chi connectivity index (χ1) is 14.2. The number of carbonyl (C=O) groups excluding carboxylic acids is 1.